The standard InChI is InChI=1S/C18H38N2O/c1-5-7-10-20(11-12-21)14-17-13-16(15(3)4)8-9-18(17)19-6-2/h15-19,21H,5-14H2,1-4H3. The minimum absolute atomic E-state index is 0.288. The number of aliphatic hydroxyl groups is 1. The Kier molecular flexibility index (Phi) is 9.54. The molecule has 3 atom stereocenters. The van der Waals surface area contributed by atoms with E-state index in [2.05, 4.69) is 37.9 Å². The minimum Gasteiger partial charge on any atom is -0.395 e. The summed E-state index contributed by atoms with van der Waals surface area (Å²) in [5.74, 6) is 2.43. The van der Waals surface area contributed by atoms with Crippen LogP contribution in [0, 0.1) is 17.8 Å². The van der Waals surface area contributed by atoms with Crippen molar-refractivity contribution in [2.75, 3.05) is 32.8 Å². The van der Waals surface area contributed by atoms with Crippen molar-refractivity contribution in [1.82, 2.24) is 10.2 Å². The largest absolute Gasteiger partial charge is 0.395 e. The van der Waals surface area contributed by atoms with E-state index in [1.165, 1.54) is 32.1 Å². The highest BCUT2D eigenvalue weighted by Crippen LogP contribution is 2.34. The summed E-state index contributed by atoms with van der Waals surface area (Å²) in [6, 6.07) is 0.674. The molecule has 1 aliphatic carbocycles. The van der Waals surface area contributed by atoms with E-state index in [1.807, 2.05) is 0 Å². The van der Waals surface area contributed by atoms with Crippen molar-refractivity contribution in [2.24, 2.45) is 17.8 Å². The van der Waals surface area contributed by atoms with Crippen LogP contribution in [0.2, 0.25) is 0 Å². The van der Waals surface area contributed by atoms with Gasteiger partial charge < -0.3 is 15.3 Å². The van der Waals surface area contributed by atoms with Crippen LogP contribution in [0.1, 0.15) is 59.8 Å². The van der Waals surface area contributed by atoms with Gasteiger partial charge in [0.25, 0.3) is 0 Å². The molecule has 0 bridgehead atoms. The molecule has 0 aromatic carbocycles. The second kappa shape index (κ2) is 10.6. The Morgan fingerprint density at radius 1 is 1.19 bits per heavy atom. The zero-order valence-electron chi connectivity index (χ0n) is 14.8. The molecule has 126 valence electrons. The molecule has 3 unspecified atom stereocenters. The normalized spacial score (nSPS) is 26.7. The molecule has 2 N–H and O–H groups in total. The Balaban J connectivity index is 2.61. The van der Waals surface area contributed by atoms with Gasteiger partial charge in [0.15, 0.2) is 0 Å². The molecular formula is C18H38N2O. The van der Waals surface area contributed by atoms with Gasteiger partial charge in [0.2, 0.25) is 0 Å². The summed E-state index contributed by atoms with van der Waals surface area (Å²) in [6.07, 6.45) is 6.52. The van der Waals surface area contributed by atoms with Gasteiger partial charge in [0.05, 0.1) is 6.61 Å². The van der Waals surface area contributed by atoms with Crippen LogP contribution in [0.15, 0.2) is 0 Å². The van der Waals surface area contributed by atoms with Gasteiger partial charge in [-0.2, -0.15) is 0 Å². The molecule has 0 heterocycles. The number of hydrogen-bond donors (Lipinski definition) is 2. The van der Waals surface area contributed by atoms with Crippen LogP contribution in [0.25, 0.3) is 0 Å². The first kappa shape index (κ1) is 18.9. The van der Waals surface area contributed by atoms with E-state index in [0.717, 1.165) is 43.9 Å². The molecular weight excluding hydrogens is 260 g/mol. The summed E-state index contributed by atoms with van der Waals surface area (Å²) >= 11 is 0. The molecule has 1 rings (SSSR count). The summed E-state index contributed by atoms with van der Waals surface area (Å²) < 4.78 is 0. The molecule has 0 aromatic heterocycles. The Labute approximate surface area is 132 Å². The molecule has 0 saturated heterocycles. The third-order valence-electron chi connectivity index (χ3n) is 5.17. The van der Waals surface area contributed by atoms with Gasteiger partial charge in [-0.15, -0.1) is 0 Å². The molecule has 21 heavy (non-hydrogen) atoms. The van der Waals surface area contributed by atoms with Crippen molar-refractivity contribution in [3.05, 3.63) is 0 Å². The van der Waals surface area contributed by atoms with Crippen molar-refractivity contribution in [3.63, 3.8) is 0 Å². The van der Waals surface area contributed by atoms with Crippen LogP contribution in [0.4, 0.5) is 0 Å². The fourth-order valence-corrected chi connectivity index (χ4v) is 3.79. The summed E-state index contributed by atoms with van der Waals surface area (Å²) in [5, 5.41) is 13.0. The van der Waals surface area contributed by atoms with Crippen molar-refractivity contribution in [3.8, 4) is 0 Å². The summed E-state index contributed by atoms with van der Waals surface area (Å²) in [4.78, 5) is 2.49. The minimum atomic E-state index is 0.288. The molecule has 0 aliphatic heterocycles. The van der Waals surface area contributed by atoms with Gasteiger partial charge in [0.1, 0.15) is 0 Å². The van der Waals surface area contributed by atoms with Gasteiger partial charge in [-0.1, -0.05) is 34.1 Å². The van der Waals surface area contributed by atoms with Gasteiger partial charge in [-0.3, -0.25) is 0 Å². The van der Waals surface area contributed by atoms with Crippen molar-refractivity contribution in [1.29, 1.82) is 0 Å². The Morgan fingerprint density at radius 3 is 2.52 bits per heavy atom. The quantitative estimate of drug-likeness (QED) is 0.650. The molecule has 1 aliphatic rings. The second-order valence-corrected chi connectivity index (χ2v) is 7.12. The van der Waals surface area contributed by atoms with E-state index in [1.54, 1.807) is 0 Å². The summed E-state index contributed by atoms with van der Waals surface area (Å²) in [6.45, 7) is 13.7. The lowest BCUT2D eigenvalue weighted by Gasteiger charge is -2.40. The van der Waals surface area contributed by atoms with Gasteiger partial charge >= 0.3 is 0 Å². The van der Waals surface area contributed by atoms with E-state index in [4.69, 9.17) is 0 Å². The fraction of sp³-hybridized carbons (Fsp3) is 1.00. The lowest BCUT2D eigenvalue weighted by molar-refractivity contribution is 0.108. The topological polar surface area (TPSA) is 35.5 Å². The van der Waals surface area contributed by atoms with E-state index >= 15 is 0 Å². The highest BCUT2D eigenvalue weighted by Gasteiger charge is 2.32. The Morgan fingerprint density at radius 2 is 1.95 bits per heavy atom. The van der Waals surface area contributed by atoms with Crippen LogP contribution in [0.3, 0.4) is 0 Å². The molecule has 1 saturated carbocycles. The van der Waals surface area contributed by atoms with E-state index < -0.39 is 0 Å². The lowest BCUT2D eigenvalue weighted by Crippen LogP contribution is -2.47. The van der Waals surface area contributed by atoms with Crippen LogP contribution >= 0.6 is 0 Å². The van der Waals surface area contributed by atoms with Crippen LogP contribution < -0.4 is 5.32 Å². The number of nitrogens with one attached hydrogen (secondary N) is 1. The zero-order chi connectivity index (χ0) is 15.7. The molecule has 3 nitrogen and oxygen atoms in total. The van der Waals surface area contributed by atoms with E-state index in [-0.39, 0.29) is 6.61 Å². The molecule has 0 spiro atoms. The van der Waals surface area contributed by atoms with Gasteiger partial charge in [-0.25, -0.2) is 0 Å². The predicted molar refractivity (Wildman–Crippen MR) is 91.6 cm³/mol. The number of aliphatic hydroxyl groups excluding tert-OH is 1. The van der Waals surface area contributed by atoms with Crippen LogP contribution in [-0.2, 0) is 0 Å². The monoisotopic (exact) mass is 298 g/mol. The van der Waals surface area contributed by atoms with Gasteiger partial charge in [-0.05, 0) is 56.5 Å². The number of hydrogen-bond acceptors (Lipinski definition) is 3. The number of unbranched alkanes of at least 4 members (excludes halogenated alkanes) is 1. The lowest BCUT2D eigenvalue weighted by atomic mass is 9.73. The van der Waals surface area contributed by atoms with Crippen molar-refractivity contribution >= 4 is 0 Å². The summed E-state index contributed by atoms with van der Waals surface area (Å²) in [5.41, 5.74) is 0. The zero-order valence-corrected chi connectivity index (χ0v) is 14.8. The average Bonchev–Trinajstić information content (AvgIpc) is 2.46. The summed E-state index contributed by atoms with van der Waals surface area (Å²) in [7, 11) is 0. The molecule has 1 fully saturated rings. The smallest absolute Gasteiger partial charge is 0.0558 e. The van der Waals surface area contributed by atoms with E-state index in [0.29, 0.717) is 6.04 Å². The Bertz CT molecular complexity index is 258. The maximum Gasteiger partial charge on any atom is 0.0558 e. The maximum absolute atomic E-state index is 9.32. The number of nitrogens with zero attached hydrogens (tertiary/aromatic N) is 1. The highest BCUT2D eigenvalue weighted by molar-refractivity contribution is 4.87. The second-order valence-electron chi connectivity index (χ2n) is 7.12. The van der Waals surface area contributed by atoms with Gasteiger partial charge in [0, 0.05) is 19.1 Å². The first-order chi connectivity index (χ1) is 10.1. The fourth-order valence-electron chi connectivity index (χ4n) is 3.79. The first-order valence-corrected chi connectivity index (χ1v) is 9.18. The van der Waals surface area contributed by atoms with Crippen molar-refractivity contribution < 1.29 is 5.11 Å². The number of rotatable bonds is 10. The van der Waals surface area contributed by atoms with Crippen LogP contribution in [-0.4, -0.2) is 48.8 Å². The SMILES string of the molecule is CCCCN(CCO)CC1CC(C(C)C)CCC1NCC. The highest BCUT2D eigenvalue weighted by atomic mass is 16.3. The first-order valence-electron chi connectivity index (χ1n) is 9.18. The van der Waals surface area contributed by atoms with Crippen LogP contribution in [0.5, 0.6) is 0 Å². The molecule has 0 radical (unpaired) electrons. The van der Waals surface area contributed by atoms with Crippen molar-refractivity contribution in [2.45, 2.75) is 65.8 Å². The third-order valence-corrected chi connectivity index (χ3v) is 5.17. The molecule has 0 aromatic rings. The third kappa shape index (κ3) is 6.66. The molecule has 3 heteroatoms. The predicted octanol–water partition coefficient (Wildman–Crippen LogP) is 3.13. The Hall–Kier alpha value is -0.120. The molecule has 0 amide bonds. The average molecular weight is 299 g/mol. The maximum atomic E-state index is 9.32. The van der Waals surface area contributed by atoms with E-state index in [9.17, 15) is 5.11 Å².